The summed E-state index contributed by atoms with van der Waals surface area (Å²) >= 11 is 1.89. The number of esters is 1. The molecule has 0 aromatic rings. The quantitative estimate of drug-likeness (QED) is 0.512. The van der Waals surface area contributed by atoms with E-state index in [-0.39, 0.29) is 11.9 Å². The van der Waals surface area contributed by atoms with Crippen LogP contribution in [0.25, 0.3) is 0 Å². The van der Waals surface area contributed by atoms with E-state index in [0.717, 1.165) is 12.8 Å². The molecule has 1 saturated heterocycles. The summed E-state index contributed by atoms with van der Waals surface area (Å²) < 4.78 is 5.14. The molecule has 0 saturated carbocycles. The first kappa shape index (κ1) is 9.13. The van der Waals surface area contributed by atoms with Crippen LogP contribution in [0.15, 0.2) is 12.2 Å². The molecular formula is C10H14O2S. The first-order valence-corrected chi connectivity index (χ1v) is 5.76. The molecule has 0 radical (unpaired) electrons. The molecule has 0 aromatic carbocycles. The summed E-state index contributed by atoms with van der Waals surface area (Å²) in [7, 11) is 0. The summed E-state index contributed by atoms with van der Waals surface area (Å²) in [6.07, 6.45) is 6.25. The van der Waals surface area contributed by atoms with Gasteiger partial charge in [-0.1, -0.05) is 19.1 Å². The van der Waals surface area contributed by atoms with Crippen molar-refractivity contribution in [1.82, 2.24) is 0 Å². The van der Waals surface area contributed by atoms with Gasteiger partial charge in [0, 0.05) is 10.5 Å². The normalized spacial score (nSPS) is 35.3. The van der Waals surface area contributed by atoms with Gasteiger partial charge >= 0.3 is 5.97 Å². The van der Waals surface area contributed by atoms with E-state index < -0.39 is 0 Å². The number of carbonyl (C=O) groups excluding carboxylic acids is 1. The van der Waals surface area contributed by atoms with Gasteiger partial charge in [0.25, 0.3) is 0 Å². The smallest absolute Gasteiger partial charge is 0.310 e. The second-order valence-corrected chi connectivity index (χ2v) is 4.96. The Morgan fingerprint density at radius 3 is 3.00 bits per heavy atom. The molecule has 1 fully saturated rings. The fourth-order valence-corrected chi connectivity index (χ4v) is 3.31. The molecule has 0 aliphatic carbocycles. The minimum absolute atomic E-state index is 0.00574. The Balaban J connectivity index is 1.88. The second-order valence-electron chi connectivity index (χ2n) is 3.53. The highest BCUT2D eigenvalue weighted by molar-refractivity contribution is 8.01. The summed E-state index contributed by atoms with van der Waals surface area (Å²) in [6.45, 7) is 2.59. The second kappa shape index (κ2) is 3.74. The molecule has 2 aliphatic heterocycles. The number of rotatable bonds is 3. The van der Waals surface area contributed by atoms with E-state index >= 15 is 0 Å². The van der Waals surface area contributed by atoms with Crippen LogP contribution in [0.5, 0.6) is 0 Å². The van der Waals surface area contributed by atoms with Crippen LogP contribution in [0.2, 0.25) is 0 Å². The first-order valence-electron chi connectivity index (χ1n) is 4.81. The van der Waals surface area contributed by atoms with Gasteiger partial charge in [0.1, 0.15) is 0 Å². The van der Waals surface area contributed by atoms with Gasteiger partial charge in [0.2, 0.25) is 0 Å². The van der Waals surface area contributed by atoms with Gasteiger partial charge in [-0.2, -0.15) is 0 Å². The molecule has 3 atom stereocenters. The number of ether oxygens (including phenoxy) is 1. The highest BCUT2D eigenvalue weighted by Crippen LogP contribution is 2.45. The standard InChI is InChI=1S/C10H14O2S/c1-2-5-12-10(11)8-6-7-3-4-9(8)13-7/h3-4,7-9H,2,5-6H2,1H3. The molecule has 2 rings (SSSR count). The van der Waals surface area contributed by atoms with Crippen LogP contribution >= 0.6 is 11.8 Å². The van der Waals surface area contributed by atoms with Crippen molar-refractivity contribution in [2.24, 2.45) is 5.92 Å². The lowest BCUT2D eigenvalue weighted by Gasteiger charge is -2.14. The highest BCUT2D eigenvalue weighted by atomic mass is 32.2. The first-order chi connectivity index (χ1) is 6.31. The Bertz CT molecular complexity index is 237. The minimum atomic E-state index is 0.00574. The Labute approximate surface area is 82.7 Å². The van der Waals surface area contributed by atoms with Crippen LogP contribution < -0.4 is 0 Å². The number of thioether (sulfide) groups is 1. The van der Waals surface area contributed by atoms with Crippen molar-refractivity contribution in [3.63, 3.8) is 0 Å². The monoisotopic (exact) mass is 198 g/mol. The van der Waals surface area contributed by atoms with E-state index in [0.29, 0.717) is 17.1 Å². The SMILES string of the molecule is CCCOC(=O)C1CC2C=CC1S2. The summed E-state index contributed by atoms with van der Waals surface area (Å²) in [5, 5.41) is 0.971. The van der Waals surface area contributed by atoms with Crippen molar-refractivity contribution in [3.05, 3.63) is 12.2 Å². The molecule has 13 heavy (non-hydrogen) atoms. The molecule has 0 aromatic heterocycles. The highest BCUT2D eigenvalue weighted by Gasteiger charge is 2.41. The van der Waals surface area contributed by atoms with Crippen molar-refractivity contribution in [2.45, 2.75) is 30.3 Å². The molecule has 3 heteroatoms. The third-order valence-electron chi connectivity index (χ3n) is 2.48. The third kappa shape index (κ3) is 1.75. The maximum Gasteiger partial charge on any atom is 0.310 e. The van der Waals surface area contributed by atoms with Crippen LogP contribution in [0.1, 0.15) is 19.8 Å². The molecule has 2 nitrogen and oxygen atoms in total. The molecule has 72 valence electrons. The summed E-state index contributed by atoms with van der Waals surface area (Å²) in [5.74, 6) is 0.137. The van der Waals surface area contributed by atoms with Crippen molar-refractivity contribution in [1.29, 1.82) is 0 Å². The van der Waals surface area contributed by atoms with E-state index in [1.54, 1.807) is 0 Å². The zero-order valence-corrected chi connectivity index (χ0v) is 8.55. The zero-order chi connectivity index (χ0) is 9.26. The van der Waals surface area contributed by atoms with E-state index in [4.69, 9.17) is 4.74 Å². The Hall–Kier alpha value is -0.440. The summed E-state index contributed by atoms with van der Waals surface area (Å²) in [4.78, 5) is 11.5. The molecular weight excluding hydrogens is 184 g/mol. The summed E-state index contributed by atoms with van der Waals surface area (Å²) in [6, 6.07) is 0. The maximum absolute atomic E-state index is 11.5. The molecule has 0 N–H and O–H groups in total. The van der Waals surface area contributed by atoms with E-state index in [1.165, 1.54) is 0 Å². The fourth-order valence-electron chi connectivity index (χ4n) is 1.81. The van der Waals surface area contributed by atoms with Crippen LogP contribution in [0, 0.1) is 5.92 Å². The van der Waals surface area contributed by atoms with Gasteiger partial charge in [0.15, 0.2) is 0 Å². The maximum atomic E-state index is 11.5. The van der Waals surface area contributed by atoms with Crippen LogP contribution in [0.3, 0.4) is 0 Å². The average molecular weight is 198 g/mol. The van der Waals surface area contributed by atoms with Gasteiger partial charge in [-0.25, -0.2) is 0 Å². The van der Waals surface area contributed by atoms with Gasteiger partial charge in [-0.3, -0.25) is 4.79 Å². The van der Waals surface area contributed by atoms with Gasteiger partial charge < -0.3 is 4.74 Å². The fraction of sp³-hybridized carbons (Fsp3) is 0.700. The topological polar surface area (TPSA) is 26.3 Å². The lowest BCUT2D eigenvalue weighted by molar-refractivity contribution is -0.148. The van der Waals surface area contributed by atoms with Crippen LogP contribution in [-0.4, -0.2) is 23.1 Å². The molecule has 3 unspecified atom stereocenters. The molecule has 2 heterocycles. The Morgan fingerprint density at radius 1 is 1.62 bits per heavy atom. The predicted octanol–water partition coefficient (Wildman–Crippen LogP) is 2.00. The Morgan fingerprint density at radius 2 is 2.46 bits per heavy atom. The lowest BCUT2D eigenvalue weighted by Crippen LogP contribution is -2.24. The molecule has 2 aliphatic rings. The lowest BCUT2D eigenvalue weighted by atomic mass is 9.95. The third-order valence-corrected chi connectivity index (χ3v) is 3.98. The van der Waals surface area contributed by atoms with Crippen LogP contribution in [0.4, 0.5) is 0 Å². The zero-order valence-electron chi connectivity index (χ0n) is 7.73. The molecule has 2 bridgehead atoms. The van der Waals surface area contributed by atoms with E-state index in [2.05, 4.69) is 12.2 Å². The Kier molecular flexibility index (Phi) is 2.63. The number of carbonyl (C=O) groups is 1. The van der Waals surface area contributed by atoms with E-state index in [1.807, 2.05) is 18.7 Å². The average Bonchev–Trinajstić information content (AvgIpc) is 2.74. The van der Waals surface area contributed by atoms with E-state index in [9.17, 15) is 4.79 Å². The van der Waals surface area contributed by atoms with Gasteiger partial charge in [-0.05, 0) is 12.8 Å². The largest absolute Gasteiger partial charge is 0.465 e. The number of hydrogen-bond donors (Lipinski definition) is 0. The van der Waals surface area contributed by atoms with Crippen molar-refractivity contribution < 1.29 is 9.53 Å². The van der Waals surface area contributed by atoms with Gasteiger partial charge in [0.05, 0.1) is 12.5 Å². The predicted molar refractivity (Wildman–Crippen MR) is 53.7 cm³/mol. The number of fused-ring (bicyclic) bond motifs is 2. The minimum Gasteiger partial charge on any atom is -0.465 e. The van der Waals surface area contributed by atoms with Crippen LogP contribution in [-0.2, 0) is 9.53 Å². The summed E-state index contributed by atoms with van der Waals surface area (Å²) in [5.41, 5.74) is 0. The van der Waals surface area contributed by atoms with Gasteiger partial charge in [-0.15, -0.1) is 11.8 Å². The molecule has 0 amide bonds. The van der Waals surface area contributed by atoms with Crippen molar-refractivity contribution in [2.75, 3.05) is 6.61 Å². The number of hydrogen-bond acceptors (Lipinski definition) is 3. The van der Waals surface area contributed by atoms with Crippen molar-refractivity contribution in [3.8, 4) is 0 Å². The van der Waals surface area contributed by atoms with Crippen molar-refractivity contribution >= 4 is 17.7 Å². The molecule has 0 spiro atoms.